The van der Waals surface area contributed by atoms with Crippen LogP contribution in [0.25, 0.3) is 0 Å². The van der Waals surface area contributed by atoms with Gasteiger partial charge in [0, 0.05) is 42.6 Å². The van der Waals surface area contributed by atoms with Gasteiger partial charge >= 0.3 is 0 Å². The van der Waals surface area contributed by atoms with Crippen molar-refractivity contribution in [2.75, 3.05) is 13.1 Å². The van der Waals surface area contributed by atoms with Crippen LogP contribution in [0.3, 0.4) is 0 Å². The van der Waals surface area contributed by atoms with Crippen molar-refractivity contribution in [1.29, 1.82) is 0 Å². The highest BCUT2D eigenvalue weighted by atomic mass is 16.3. The zero-order valence-electron chi connectivity index (χ0n) is 18.4. The molecular formula is C25H33N3O2. The molecule has 1 aromatic heterocycles. The third-order valence-electron chi connectivity index (χ3n) is 8.58. The van der Waals surface area contributed by atoms with Crippen LogP contribution >= 0.6 is 0 Å². The van der Waals surface area contributed by atoms with Crippen molar-refractivity contribution in [1.82, 2.24) is 14.7 Å². The highest BCUT2D eigenvalue weighted by Crippen LogP contribution is 2.58. The molecule has 5 nitrogen and oxygen atoms in total. The van der Waals surface area contributed by atoms with Gasteiger partial charge in [-0.3, -0.25) is 9.58 Å². The predicted molar refractivity (Wildman–Crippen MR) is 116 cm³/mol. The number of aryl methyl sites for hydroxylation is 1. The molecule has 6 rings (SSSR count). The maximum atomic E-state index is 12.6. The molecule has 1 aliphatic heterocycles. The molecule has 2 fully saturated rings. The highest BCUT2D eigenvalue weighted by Gasteiger charge is 2.65. The average molecular weight is 408 g/mol. The lowest BCUT2D eigenvalue weighted by Crippen LogP contribution is -2.74. The van der Waals surface area contributed by atoms with Gasteiger partial charge in [0.15, 0.2) is 0 Å². The van der Waals surface area contributed by atoms with E-state index in [2.05, 4.69) is 36.4 Å². The minimum atomic E-state index is -0.816. The lowest BCUT2D eigenvalue weighted by molar-refractivity contribution is -0.152. The third kappa shape index (κ3) is 2.39. The van der Waals surface area contributed by atoms with E-state index in [4.69, 9.17) is 5.10 Å². The number of phenolic OH excluding ortho intramolecular Hbond substituents is 1. The fraction of sp³-hybridized carbons (Fsp3) is 0.640. The number of piperidine rings is 1. The van der Waals surface area contributed by atoms with Crippen LogP contribution in [-0.4, -0.2) is 49.6 Å². The summed E-state index contributed by atoms with van der Waals surface area (Å²) in [5.41, 5.74) is 4.92. The third-order valence-corrected chi connectivity index (χ3v) is 8.58. The summed E-state index contributed by atoms with van der Waals surface area (Å²) < 4.78 is 2.18. The molecule has 0 spiro atoms. The van der Waals surface area contributed by atoms with E-state index >= 15 is 0 Å². The van der Waals surface area contributed by atoms with Crippen molar-refractivity contribution in [2.24, 2.45) is 5.92 Å². The van der Waals surface area contributed by atoms with Gasteiger partial charge in [-0.2, -0.15) is 5.10 Å². The first-order valence-electron chi connectivity index (χ1n) is 11.7. The number of aliphatic hydroxyl groups is 1. The number of nitrogens with zero attached hydrogens (tertiary/aromatic N) is 3. The molecule has 2 heterocycles. The summed E-state index contributed by atoms with van der Waals surface area (Å²) >= 11 is 0. The molecule has 5 heteroatoms. The van der Waals surface area contributed by atoms with Gasteiger partial charge in [0.1, 0.15) is 5.75 Å². The van der Waals surface area contributed by atoms with Crippen LogP contribution < -0.4 is 0 Å². The van der Waals surface area contributed by atoms with Gasteiger partial charge in [0.25, 0.3) is 0 Å². The van der Waals surface area contributed by atoms with E-state index in [1.165, 1.54) is 35.2 Å². The first-order chi connectivity index (χ1) is 14.3. The van der Waals surface area contributed by atoms with Gasteiger partial charge in [-0.05, 0) is 87.7 Å². The zero-order chi connectivity index (χ0) is 20.8. The SMILES string of the molecule is Cc1nn(C(C)C)c2c1C[C@]1(O)C3Cc4ccc(O)cc4[C@]1(CCN3CC1CC1)C2. The Morgan fingerprint density at radius 1 is 1.23 bits per heavy atom. The summed E-state index contributed by atoms with van der Waals surface area (Å²) in [4.78, 5) is 2.60. The molecule has 30 heavy (non-hydrogen) atoms. The Balaban J connectivity index is 1.56. The molecule has 160 valence electrons. The Labute approximate surface area is 178 Å². The van der Waals surface area contributed by atoms with Gasteiger partial charge in [-0.15, -0.1) is 0 Å². The van der Waals surface area contributed by atoms with Gasteiger partial charge in [0.05, 0.1) is 11.3 Å². The number of aromatic hydroxyl groups is 1. The van der Waals surface area contributed by atoms with Gasteiger partial charge < -0.3 is 10.2 Å². The Kier molecular flexibility index (Phi) is 3.84. The number of aromatic nitrogens is 2. The van der Waals surface area contributed by atoms with Crippen LogP contribution in [0.4, 0.5) is 0 Å². The van der Waals surface area contributed by atoms with Crippen molar-refractivity contribution >= 4 is 0 Å². The first-order valence-corrected chi connectivity index (χ1v) is 11.7. The maximum Gasteiger partial charge on any atom is 0.115 e. The second-order valence-electron chi connectivity index (χ2n) is 10.7. The molecular weight excluding hydrogens is 374 g/mol. The molecule has 3 atom stereocenters. The molecule has 2 aromatic rings. The van der Waals surface area contributed by atoms with E-state index in [0.717, 1.165) is 44.0 Å². The Hall–Kier alpha value is -1.85. The Morgan fingerprint density at radius 2 is 2.03 bits per heavy atom. The summed E-state index contributed by atoms with van der Waals surface area (Å²) in [6.07, 6.45) is 5.95. The minimum Gasteiger partial charge on any atom is -0.508 e. The van der Waals surface area contributed by atoms with Crippen LogP contribution in [-0.2, 0) is 24.7 Å². The van der Waals surface area contributed by atoms with Crippen LogP contribution in [0.15, 0.2) is 18.2 Å². The molecule has 1 aromatic carbocycles. The fourth-order valence-corrected chi connectivity index (χ4v) is 6.89. The second-order valence-corrected chi connectivity index (χ2v) is 10.7. The van der Waals surface area contributed by atoms with Crippen LogP contribution in [0.5, 0.6) is 5.75 Å². The average Bonchev–Trinajstić information content (AvgIpc) is 3.46. The number of hydrogen-bond donors (Lipinski definition) is 2. The van der Waals surface area contributed by atoms with E-state index in [9.17, 15) is 10.2 Å². The summed E-state index contributed by atoms with van der Waals surface area (Å²) in [7, 11) is 0. The highest BCUT2D eigenvalue weighted by molar-refractivity contribution is 5.52. The van der Waals surface area contributed by atoms with Crippen molar-refractivity contribution < 1.29 is 10.2 Å². The normalized spacial score (nSPS) is 32.6. The number of rotatable bonds is 3. The van der Waals surface area contributed by atoms with Crippen molar-refractivity contribution in [3.63, 3.8) is 0 Å². The van der Waals surface area contributed by atoms with E-state index in [1.54, 1.807) is 0 Å². The monoisotopic (exact) mass is 407 g/mol. The van der Waals surface area contributed by atoms with Crippen molar-refractivity contribution in [3.8, 4) is 5.75 Å². The predicted octanol–water partition coefficient (Wildman–Crippen LogP) is 3.29. The van der Waals surface area contributed by atoms with Crippen LogP contribution in [0.1, 0.15) is 67.2 Å². The van der Waals surface area contributed by atoms with Gasteiger partial charge in [-0.1, -0.05) is 6.07 Å². The first kappa shape index (κ1) is 18.9. The number of phenols is 1. The van der Waals surface area contributed by atoms with Gasteiger partial charge in [0.2, 0.25) is 0 Å². The molecule has 1 saturated carbocycles. The standard InChI is InChI=1S/C25H33N3O2/c1-15(2)28-22-13-24-8-9-27(14-17-4-5-17)23(10-18-6-7-19(29)11-21(18)24)25(24,30)12-20(22)16(3)26-28/h6-7,11,15,17,23,29-30H,4-5,8-10,12-14H2,1-3H3/t23?,24-,25-/m0/s1. The van der Waals surface area contributed by atoms with Crippen molar-refractivity contribution in [2.45, 2.75) is 82.4 Å². The molecule has 1 saturated heterocycles. The van der Waals surface area contributed by atoms with E-state index in [1.807, 2.05) is 12.1 Å². The summed E-state index contributed by atoms with van der Waals surface area (Å²) in [5, 5.41) is 27.8. The Morgan fingerprint density at radius 3 is 2.77 bits per heavy atom. The van der Waals surface area contributed by atoms with Crippen molar-refractivity contribution in [3.05, 3.63) is 46.3 Å². The number of benzene rings is 1. The molecule has 3 aliphatic carbocycles. The lowest BCUT2D eigenvalue weighted by atomic mass is 9.49. The smallest absolute Gasteiger partial charge is 0.115 e. The van der Waals surface area contributed by atoms with Crippen LogP contribution in [0.2, 0.25) is 0 Å². The molecule has 2 N–H and O–H groups in total. The Bertz CT molecular complexity index is 1020. The van der Waals surface area contributed by atoms with Gasteiger partial charge in [-0.25, -0.2) is 0 Å². The number of hydrogen-bond acceptors (Lipinski definition) is 4. The topological polar surface area (TPSA) is 61.5 Å². The quantitative estimate of drug-likeness (QED) is 0.820. The number of likely N-dealkylation sites (tertiary alicyclic amines) is 1. The summed E-state index contributed by atoms with van der Waals surface area (Å²) in [5.74, 6) is 1.12. The lowest BCUT2D eigenvalue weighted by Gasteiger charge is -2.63. The molecule has 0 radical (unpaired) electrons. The maximum absolute atomic E-state index is 12.6. The molecule has 1 unspecified atom stereocenters. The number of fused-ring (bicyclic) bond motifs is 2. The molecule has 4 aliphatic rings. The van der Waals surface area contributed by atoms with E-state index in [0.29, 0.717) is 18.2 Å². The molecule has 0 amide bonds. The molecule has 2 bridgehead atoms. The second kappa shape index (κ2) is 6.10. The van der Waals surface area contributed by atoms with E-state index in [-0.39, 0.29) is 11.5 Å². The summed E-state index contributed by atoms with van der Waals surface area (Å²) in [6, 6.07) is 6.30. The van der Waals surface area contributed by atoms with Crippen LogP contribution in [0, 0.1) is 12.8 Å². The van der Waals surface area contributed by atoms with E-state index < -0.39 is 5.60 Å². The zero-order valence-corrected chi connectivity index (χ0v) is 18.4. The minimum absolute atomic E-state index is 0.138. The summed E-state index contributed by atoms with van der Waals surface area (Å²) in [6.45, 7) is 8.62. The largest absolute Gasteiger partial charge is 0.508 e. The fourth-order valence-electron chi connectivity index (χ4n) is 6.89.